The molecule has 2 aromatic carbocycles. The lowest BCUT2D eigenvalue weighted by Gasteiger charge is -2.24. The van der Waals surface area contributed by atoms with Crippen LogP contribution in [0.25, 0.3) is 11.1 Å². The van der Waals surface area contributed by atoms with Crippen molar-refractivity contribution in [1.82, 2.24) is 0 Å². The van der Waals surface area contributed by atoms with Gasteiger partial charge in [0.25, 0.3) is 0 Å². The molecule has 0 heterocycles. The molecule has 4 rings (SSSR count). The van der Waals surface area contributed by atoms with Crippen LogP contribution in [0, 0.1) is 17.2 Å². The summed E-state index contributed by atoms with van der Waals surface area (Å²) < 4.78 is 0. The summed E-state index contributed by atoms with van der Waals surface area (Å²) in [7, 11) is 0. The minimum atomic E-state index is 0.169. The van der Waals surface area contributed by atoms with E-state index in [1.165, 1.54) is 33.4 Å². The highest BCUT2D eigenvalue weighted by Crippen LogP contribution is 2.44. The lowest BCUT2D eigenvalue weighted by Crippen LogP contribution is -2.08. The first kappa shape index (κ1) is 12.4. The second kappa shape index (κ2) is 4.90. The maximum Gasteiger partial charge on any atom is 0.0659 e. The number of hydrogen-bond donors (Lipinski definition) is 0. The Morgan fingerprint density at radius 3 is 2.14 bits per heavy atom. The summed E-state index contributed by atoms with van der Waals surface area (Å²) in [6.07, 6.45) is 3.92. The Morgan fingerprint density at radius 1 is 0.857 bits per heavy atom. The van der Waals surface area contributed by atoms with Crippen molar-refractivity contribution in [2.75, 3.05) is 0 Å². The molecule has 2 aliphatic rings. The van der Waals surface area contributed by atoms with Crippen LogP contribution >= 0.6 is 0 Å². The number of allylic oxidation sites excluding steroid dienone is 2. The molecule has 1 atom stereocenters. The molecule has 0 amide bonds. The predicted octanol–water partition coefficient (Wildman–Crippen LogP) is 4.83. The molecule has 1 nitrogen and oxygen atoms in total. The quantitative estimate of drug-likeness (QED) is 0.673. The van der Waals surface area contributed by atoms with E-state index in [9.17, 15) is 5.26 Å². The first-order chi connectivity index (χ1) is 10.4. The van der Waals surface area contributed by atoms with E-state index >= 15 is 0 Å². The van der Waals surface area contributed by atoms with Gasteiger partial charge in [0.15, 0.2) is 0 Å². The largest absolute Gasteiger partial charge is 0.198 e. The number of rotatable bonds is 0. The van der Waals surface area contributed by atoms with Gasteiger partial charge in [0.1, 0.15) is 0 Å². The van der Waals surface area contributed by atoms with Gasteiger partial charge in [-0.2, -0.15) is 5.26 Å². The molecule has 1 unspecified atom stereocenters. The van der Waals surface area contributed by atoms with Crippen LogP contribution in [-0.2, 0) is 6.42 Å². The third-order valence-corrected chi connectivity index (χ3v) is 4.81. The summed E-state index contributed by atoms with van der Waals surface area (Å²) in [5, 5.41) is 9.32. The van der Waals surface area contributed by atoms with Crippen LogP contribution in [0.15, 0.2) is 48.5 Å². The van der Waals surface area contributed by atoms with E-state index in [-0.39, 0.29) is 5.92 Å². The maximum atomic E-state index is 9.32. The van der Waals surface area contributed by atoms with Crippen LogP contribution in [-0.4, -0.2) is 0 Å². The fraction of sp³-hybridized carbons (Fsp3) is 0.250. The minimum absolute atomic E-state index is 0.169. The summed E-state index contributed by atoms with van der Waals surface area (Å²) in [5.74, 6) is 0.169. The second-order valence-electron chi connectivity index (χ2n) is 6.02. The van der Waals surface area contributed by atoms with Gasteiger partial charge in [0, 0.05) is 0 Å². The van der Waals surface area contributed by atoms with E-state index < -0.39 is 0 Å². The maximum absolute atomic E-state index is 9.32. The molecule has 2 aromatic rings. The monoisotopic (exact) mass is 271 g/mol. The first-order valence-corrected chi connectivity index (χ1v) is 7.65. The zero-order chi connectivity index (χ0) is 14.2. The molecule has 0 aliphatic heterocycles. The molecule has 0 bridgehead atoms. The molecule has 0 radical (unpaired) electrons. The Balaban J connectivity index is 1.99. The molecule has 0 spiro atoms. The standard InChI is InChI=1S/C20H17N/c21-13-14-9-10-19-17-7-3-1-5-15(17)12-16-6-2-4-8-18(16)20(19)11-14/h1-8,14H,9-12H2. The molecule has 1 heteroatoms. The van der Waals surface area contributed by atoms with E-state index in [4.69, 9.17) is 0 Å². The van der Waals surface area contributed by atoms with Gasteiger partial charge in [-0.25, -0.2) is 0 Å². The topological polar surface area (TPSA) is 23.8 Å². The fourth-order valence-corrected chi connectivity index (χ4v) is 3.76. The van der Waals surface area contributed by atoms with Gasteiger partial charge in [-0.15, -0.1) is 0 Å². The number of benzene rings is 2. The lowest BCUT2D eigenvalue weighted by molar-refractivity contribution is 0.614. The highest BCUT2D eigenvalue weighted by molar-refractivity contribution is 5.94. The molecular weight excluding hydrogens is 254 g/mol. The van der Waals surface area contributed by atoms with Crippen LogP contribution in [0.2, 0.25) is 0 Å². The van der Waals surface area contributed by atoms with Crippen LogP contribution < -0.4 is 0 Å². The van der Waals surface area contributed by atoms with Crippen molar-refractivity contribution in [3.8, 4) is 6.07 Å². The normalized spacial score (nSPS) is 19.9. The van der Waals surface area contributed by atoms with Crippen molar-refractivity contribution in [3.63, 3.8) is 0 Å². The average molecular weight is 271 g/mol. The summed E-state index contributed by atoms with van der Waals surface area (Å²) in [5.41, 5.74) is 8.47. The number of nitriles is 1. The van der Waals surface area contributed by atoms with Crippen LogP contribution in [0.5, 0.6) is 0 Å². The van der Waals surface area contributed by atoms with E-state index in [1.54, 1.807) is 0 Å². The van der Waals surface area contributed by atoms with E-state index in [2.05, 4.69) is 54.6 Å². The lowest BCUT2D eigenvalue weighted by atomic mass is 9.79. The highest BCUT2D eigenvalue weighted by atomic mass is 14.3. The van der Waals surface area contributed by atoms with E-state index in [1.807, 2.05) is 0 Å². The molecule has 102 valence electrons. The van der Waals surface area contributed by atoms with Gasteiger partial charge < -0.3 is 0 Å². The fourth-order valence-electron chi connectivity index (χ4n) is 3.76. The van der Waals surface area contributed by atoms with Gasteiger partial charge in [0.05, 0.1) is 12.0 Å². The highest BCUT2D eigenvalue weighted by Gasteiger charge is 2.27. The van der Waals surface area contributed by atoms with Crippen molar-refractivity contribution >= 4 is 11.1 Å². The van der Waals surface area contributed by atoms with Crippen molar-refractivity contribution in [2.24, 2.45) is 5.92 Å². The Kier molecular flexibility index (Phi) is 2.89. The van der Waals surface area contributed by atoms with Crippen molar-refractivity contribution in [3.05, 3.63) is 70.8 Å². The number of hydrogen-bond acceptors (Lipinski definition) is 1. The third-order valence-electron chi connectivity index (χ3n) is 4.81. The van der Waals surface area contributed by atoms with Gasteiger partial charge in [-0.05, 0) is 59.1 Å². The Hall–Kier alpha value is -2.33. The number of nitrogens with zero attached hydrogens (tertiary/aromatic N) is 1. The summed E-state index contributed by atoms with van der Waals surface area (Å²) in [4.78, 5) is 0. The Bertz CT molecular complexity index is 776. The van der Waals surface area contributed by atoms with Crippen LogP contribution in [0.1, 0.15) is 41.5 Å². The summed E-state index contributed by atoms with van der Waals surface area (Å²) in [6, 6.07) is 20.0. The Labute approximate surface area is 125 Å². The van der Waals surface area contributed by atoms with Gasteiger partial charge in [0.2, 0.25) is 0 Å². The SMILES string of the molecule is N#CC1CCC2=C(C1)c1ccccc1Cc1ccccc12. The second-order valence-corrected chi connectivity index (χ2v) is 6.02. The molecule has 0 fully saturated rings. The molecule has 0 N–H and O–H groups in total. The molecule has 21 heavy (non-hydrogen) atoms. The predicted molar refractivity (Wildman–Crippen MR) is 85.5 cm³/mol. The molecule has 2 aliphatic carbocycles. The van der Waals surface area contributed by atoms with Crippen molar-refractivity contribution in [2.45, 2.75) is 25.7 Å². The zero-order valence-corrected chi connectivity index (χ0v) is 12.0. The van der Waals surface area contributed by atoms with Gasteiger partial charge in [-0.3, -0.25) is 0 Å². The van der Waals surface area contributed by atoms with E-state index in [0.717, 1.165) is 25.7 Å². The van der Waals surface area contributed by atoms with Crippen molar-refractivity contribution < 1.29 is 0 Å². The van der Waals surface area contributed by atoms with Crippen LogP contribution in [0.3, 0.4) is 0 Å². The summed E-state index contributed by atoms with van der Waals surface area (Å²) in [6.45, 7) is 0. The average Bonchev–Trinajstić information content (AvgIpc) is 2.69. The van der Waals surface area contributed by atoms with Crippen molar-refractivity contribution in [1.29, 1.82) is 5.26 Å². The smallest absolute Gasteiger partial charge is 0.0659 e. The molecule has 0 saturated carbocycles. The molecular formula is C20H17N. The van der Waals surface area contributed by atoms with Gasteiger partial charge in [-0.1, -0.05) is 48.5 Å². The van der Waals surface area contributed by atoms with Crippen LogP contribution in [0.4, 0.5) is 0 Å². The molecule has 0 aromatic heterocycles. The number of fused-ring (bicyclic) bond motifs is 4. The minimum Gasteiger partial charge on any atom is -0.198 e. The third kappa shape index (κ3) is 1.99. The summed E-state index contributed by atoms with van der Waals surface area (Å²) >= 11 is 0. The Morgan fingerprint density at radius 2 is 1.48 bits per heavy atom. The zero-order valence-electron chi connectivity index (χ0n) is 12.0. The van der Waals surface area contributed by atoms with E-state index in [0.29, 0.717) is 0 Å². The van der Waals surface area contributed by atoms with Gasteiger partial charge >= 0.3 is 0 Å². The first-order valence-electron chi connectivity index (χ1n) is 7.65. The molecule has 0 saturated heterocycles.